The summed E-state index contributed by atoms with van der Waals surface area (Å²) in [5, 5.41) is 2.47. The summed E-state index contributed by atoms with van der Waals surface area (Å²) in [5.41, 5.74) is 2.77. The lowest BCUT2D eigenvalue weighted by Gasteiger charge is -2.27. The van der Waals surface area contributed by atoms with Crippen LogP contribution in [-0.4, -0.2) is 32.6 Å². The average Bonchev–Trinajstić information content (AvgIpc) is 3.16. The monoisotopic (exact) mass is 395 g/mol. The Labute approximate surface area is 170 Å². The van der Waals surface area contributed by atoms with Crippen molar-refractivity contribution >= 4 is 50.0 Å². The van der Waals surface area contributed by atoms with Gasteiger partial charge >= 0.3 is 0 Å². The first-order chi connectivity index (χ1) is 14.6. The van der Waals surface area contributed by atoms with Crippen molar-refractivity contribution < 1.29 is 9.59 Å². The maximum Gasteiger partial charge on any atom is 0.264 e. The van der Waals surface area contributed by atoms with E-state index in [0.29, 0.717) is 39.5 Å². The van der Waals surface area contributed by atoms with Gasteiger partial charge in [-0.1, -0.05) is 25.5 Å². The highest BCUT2D eigenvalue weighted by atomic mass is 16.2. The third-order valence-corrected chi connectivity index (χ3v) is 6.08. The van der Waals surface area contributed by atoms with Gasteiger partial charge in [0.05, 0.1) is 11.0 Å². The van der Waals surface area contributed by atoms with Gasteiger partial charge in [-0.3, -0.25) is 23.7 Å². The Hall–Kier alpha value is -3.80. The lowest BCUT2D eigenvalue weighted by molar-refractivity contribution is 0.0608. The smallest absolute Gasteiger partial charge is 0.264 e. The summed E-state index contributed by atoms with van der Waals surface area (Å²) in [6.07, 6.45) is 1.65. The molecular formula is C24H17N3O3. The number of hydrogen-bond donors (Lipinski definition) is 0. The molecule has 1 aliphatic heterocycles. The molecule has 0 saturated carbocycles. The van der Waals surface area contributed by atoms with E-state index in [0.717, 1.165) is 29.3 Å². The lowest BCUT2D eigenvalue weighted by atomic mass is 9.90. The van der Waals surface area contributed by atoms with E-state index in [2.05, 4.69) is 4.98 Å². The summed E-state index contributed by atoms with van der Waals surface area (Å²) < 4.78 is 1.62. The van der Waals surface area contributed by atoms with Crippen LogP contribution in [0.2, 0.25) is 0 Å². The fraction of sp³-hybridized carbons (Fsp3) is 0.167. The molecule has 6 nitrogen and oxygen atoms in total. The Morgan fingerprint density at radius 1 is 0.833 bits per heavy atom. The molecule has 0 fully saturated rings. The molecule has 0 bridgehead atoms. The number of fused-ring (bicyclic) bond motifs is 4. The van der Waals surface area contributed by atoms with Gasteiger partial charge in [0.2, 0.25) is 0 Å². The van der Waals surface area contributed by atoms with Crippen molar-refractivity contribution in [2.45, 2.75) is 19.8 Å². The van der Waals surface area contributed by atoms with Crippen molar-refractivity contribution in [2.75, 3.05) is 6.54 Å². The average molecular weight is 395 g/mol. The summed E-state index contributed by atoms with van der Waals surface area (Å²) >= 11 is 0. The van der Waals surface area contributed by atoms with E-state index in [4.69, 9.17) is 0 Å². The van der Waals surface area contributed by atoms with Crippen LogP contribution in [0.4, 0.5) is 0 Å². The van der Waals surface area contributed by atoms with E-state index in [1.807, 2.05) is 37.3 Å². The van der Waals surface area contributed by atoms with Crippen LogP contribution in [0.25, 0.3) is 38.2 Å². The second kappa shape index (κ2) is 5.86. The molecule has 6 rings (SSSR count). The Balaban J connectivity index is 1.78. The number of aromatic nitrogens is 2. The topological polar surface area (TPSA) is 71.8 Å². The normalized spacial score (nSPS) is 14.1. The second-order valence-electron chi connectivity index (χ2n) is 7.75. The quantitative estimate of drug-likeness (QED) is 0.433. The number of unbranched alkanes of at least 4 members (excludes halogenated alkanes) is 1. The lowest BCUT2D eigenvalue weighted by Crippen LogP contribution is -2.41. The number of carbonyl (C=O) groups is 2. The summed E-state index contributed by atoms with van der Waals surface area (Å²) in [7, 11) is 0. The highest BCUT2D eigenvalue weighted by Gasteiger charge is 2.34. The maximum absolute atomic E-state index is 13.4. The summed E-state index contributed by atoms with van der Waals surface area (Å²) in [5.74, 6) is -0.590. The molecule has 0 aliphatic carbocycles. The zero-order valence-corrected chi connectivity index (χ0v) is 16.3. The summed E-state index contributed by atoms with van der Waals surface area (Å²) in [6.45, 7) is 2.42. The minimum Gasteiger partial charge on any atom is -0.274 e. The SMILES string of the molecule is CCCCN1C(=O)c2ccc3c(=O)n4c5ccccc5nc4c4ccc(c2c34)C1=O. The van der Waals surface area contributed by atoms with Crippen LogP contribution in [-0.2, 0) is 0 Å². The Kier molecular flexibility index (Phi) is 3.34. The van der Waals surface area contributed by atoms with E-state index in [-0.39, 0.29) is 17.4 Å². The van der Waals surface area contributed by atoms with Gasteiger partial charge in [0.15, 0.2) is 0 Å². The number of nitrogens with zero attached hydrogens (tertiary/aromatic N) is 3. The molecule has 2 aromatic heterocycles. The van der Waals surface area contributed by atoms with Crippen LogP contribution in [0.15, 0.2) is 53.3 Å². The van der Waals surface area contributed by atoms with Gasteiger partial charge in [0.25, 0.3) is 17.4 Å². The first kappa shape index (κ1) is 17.1. The number of amides is 2. The van der Waals surface area contributed by atoms with Gasteiger partial charge in [0, 0.05) is 39.2 Å². The molecule has 3 aromatic carbocycles. The van der Waals surface area contributed by atoms with Crippen LogP contribution in [0, 0.1) is 0 Å². The largest absolute Gasteiger partial charge is 0.274 e. The van der Waals surface area contributed by atoms with Gasteiger partial charge in [-0.2, -0.15) is 0 Å². The van der Waals surface area contributed by atoms with Crippen LogP contribution >= 0.6 is 0 Å². The van der Waals surface area contributed by atoms with E-state index in [1.165, 1.54) is 4.90 Å². The predicted molar refractivity (Wildman–Crippen MR) is 115 cm³/mol. The number of pyridine rings is 1. The number of para-hydroxylation sites is 2. The number of hydrogen-bond acceptors (Lipinski definition) is 4. The number of imide groups is 1. The first-order valence-electron chi connectivity index (χ1n) is 10.1. The van der Waals surface area contributed by atoms with Crippen LogP contribution in [0.3, 0.4) is 0 Å². The third-order valence-electron chi connectivity index (χ3n) is 6.08. The molecular weight excluding hydrogens is 378 g/mol. The standard InChI is InChI=1S/C24H17N3O3/c1-2-3-12-26-22(28)14-9-8-13-19-16(11-10-15(20(14)19)23(26)29)24(30)27-18-7-5-4-6-17(18)25-21(13)27/h4-11H,2-3,12H2,1H3. The Morgan fingerprint density at radius 3 is 2.27 bits per heavy atom. The molecule has 0 saturated heterocycles. The van der Waals surface area contributed by atoms with Gasteiger partial charge in [-0.05, 0) is 42.8 Å². The fourth-order valence-corrected chi connectivity index (χ4v) is 4.65. The minimum absolute atomic E-state index is 0.191. The Bertz CT molecular complexity index is 1580. The van der Waals surface area contributed by atoms with Crippen molar-refractivity contribution in [1.82, 2.24) is 14.3 Å². The molecule has 2 amide bonds. The molecule has 5 aromatic rings. The van der Waals surface area contributed by atoms with E-state index < -0.39 is 0 Å². The van der Waals surface area contributed by atoms with Crippen molar-refractivity contribution in [3.05, 3.63) is 70.0 Å². The Morgan fingerprint density at radius 2 is 1.53 bits per heavy atom. The number of carbonyl (C=O) groups excluding carboxylic acids is 2. The van der Waals surface area contributed by atoms with Crippen LogP contribution in [0.5, 0.6) is 0 Å². The van der Waals surface area contributed by atoms with Crippen molar-refractivity contribution in [3.63, 3.8) is 0 Å². The third kappa shape index (κ3) is 1.98. The van der Waals surface area contributed by atoms with Crippen molar-refractivity contribution in [1.29, 1.82) is 0 Å². The van der Waals surface area contributed by atoms with E-state index >= 15 is 0 Å². The second-order valence-corrected chi connectivity index (χ2v) is 7.75. The van der Waals surface area contributed by atoms with Crippen LogP contribution < -0.4 is 5.56 Å². The number of rotatable bonds is 3. The molecule has 0 atom stereocenters. The maximum atomic E-state index is 13.4. The van der Waals surface area contributed by atoms with E-state index in [1.54, 1.807) is 22.6 Å². The van der Waals surface area contributed by atoms with E-state index in [9.17, 15) is 14.4 Å². The fourth-order valence-electron chi connectivity index (χ4n) is 4.65. The van der Waals surface area contributed by atoms with Gasteiger partial charge in [0.1, 0.15) is 5.65 Å². The molecule has 0 N–H and O–H groups in total. The predicted octanol–water partition coefficient (Wildman–Crippen LogP) is 3.99. The number of imidazole rings is 1. The molecule has 0 unspecified atom stereocenters. The number of benzene rings is 3. The van der Waals surface area contributed by atoms with Gasteiger partial charge < -0.3 is 0 Å². The molecule has 30 heavy (non-hydrogen) atoms. The molecule has 6 heteroatoms. The first-order valence-corrected chi connectivity index (χ1v) is 10.1. The van der Waals surface area contributed by atoms with Crippen molar-refractivity contribution in [2.24, 2.45) is 0 Å². The molecule has 3 heterocycles. The highest BCUT2D eigenvalue weighted by Crippen LogP contribution is 2.37. The zero-order chi connectivity index (χ0) is 20.6. The molecule has 1 aliphatic rings. The zero-order valence-electron chi connectivity index (χ0n) is 16.3. The van der Waals surface area contributed by atoms with Crippen molar-refractivity contribution in [3.8, 4) is 0 Å². The molecule has 0 spiro atoms. The summed E-state index contributed by atoms with van der Waals surface area (Å²) in [6, 6.07) is 14.5. The molecule has 146 valence electrons. The van der Waals surface area contributed by atoms with Gasteiger partial charge in [-0.15, -0.1) is 0 Å². The molecule has 0 radical (unpaired) electrons. The highest BCUT2D eigenvalue weighted by molar-refractivity contribution is 6.31. The van der Waals surface area contributed by atoms with Gasteiger partial charge in [-0.25, -0.2) is 4.98 Å². The minimum atomic E-state index is -0.295. The van der Waals surface area contributed by atoms with Crippen LogP contribution in [0.1, 0.15) is 40.5 Å². The summed E-state index contributed by atoms with van der Waals surface area (Å²) in [4.78, 5) is 45.6.